The number of nitrogens with zero attached hydrogens (tertiary/aromatic N) is 1. The van der Waals surface area contributed by atoms with Gasteiger partial charge in [0.2, 0.25) is 0 Å². The average molecular weight is 189 g/mol. The summed E-state index contributed by atoms with van der Waals surface area (Å²) in [5.41, 5.74) is 7.13. The third-order valence-electron chi connectivity index (χ3n) is 2.71. The smallest absolute Gasteiger partial charge is 0.0545 e. The van der Waals surface area contributed by atoms with Gasteiger partial charge in [-0.05, 0) is 18.4 Å². The molecule has 2 rings (SSSR count). The summed E-state index contributed by atoms with van der Waals surface area (Å²) in [7, 11) is 0. The number of benzene rings is 1. The Morgan fingerprint density at radius 1 is 1.14 bits per heavy atom. The van der Waals surface area contributed by atoms with Gasteiger partial charge in [0.1, 0.15) is 0 Å². The van der Waals surface area contributed by atoms with Gasteiger partial charge in [0.25, 0.3) is 0 Å². The molecule has 1 aromatic rings. The van der Waals surface area contributed by atoms with Crippen LogP contribution < -0.4 is 5.73 Å². The van der Waals surface area contributed by atoms with Gasteiger partial charge in [-0.25, -0.2) is 0 Å². The Hall–Kier alpha value is -0.860. The van der Waals surface area contributed by atoms with E-state index in [-0.39, 0.29) is 0 Å². The number of hydrogen-bond donors (Lipinski definition) is 1. The minimum absolute atomic E-state index is 0.412. The number of piperidine rings is 1. The van der Waals surface area contributed by atoms with Crippen LogP contribution in [0.1, 0.15) is 18.4 Å². The quantitative estimate of drug-likeness (QED) is 0.766. The van der Waals surface area contributed by atoms with Crippen LogP contribution in [0.25, 0.3) is 0 Å². The van der Waals surface area contributed by atoms with Crippen molar-refractivity contribution in [3.63, 3.8) is 0 Å². The third kappa shape index (κ3) is 2.56. The monoisotopic (exact) mass is 189 g/mol. The summed E-state index contributed by atoms with van der Waals surface area (Å²) in [4.78, 5) is 2.36. The highest BCUT2D eigenvalue weighted by atomic mass is 15.1. The molecular formula is C12H17N2. The zero-order valence-electron chi connectivity index (χ0n) is 8.39. The van der Waals surface area contributed by atoms with Crippen molar-refractivity contribution in [2.45, 2.75) is 18.9 Å². The lowest BCUT2D eigenvalue weighted by Crippen LogP contribution is -2.38. The predicted octanol–water partition coefficient (Wildman–Crippen LogP) is 1.62. The Morgan fingerprint density at radius 3 is 2.43 bits per heavy atom. The zero-order valence-corrected chi connectivity index (χ0v) is 8.39. The van der Waals surface area contributed by atoms with Gasteiger partial charge in [0.05, 0.1) is 6.54 Å². The third-order valence-corrected chi connectivity index (χ3v) is 2.71. The summed E-state index contributed by atoms with van der Waals surface area (Å²) in [6, 6.07) is 10.9. The largest absolute Gasteiger partial charge is 0.328 e. The molecule has 1 radical (unpaired) electrons. The van der Waals surface area contributed by atoms with Crippen LogP contribution in [-0.2, 0) is 0 Å². The van der Waals surface area contributed by atoms with Gasteiger partial charge in [0.15, 0.2) is 0 Å². The van der Waals surface area contributed by atoms with Crippen molar-refractivity contribution in [1.29, 1.82) is 0 Å². The molecule has 1 heterocycles. The van der Waals surface area contributed by atoms with Crippen molar-refractivity contribution in [1.82, 2.24) is 4.90 Å². The summed E-state index contributed by atoms with van der Waals surface area (Å²) in [6.45, 7) is 4.41. The maximum absolute atomic E-state index is 5.85. The topological polar surface area (TPSA) is 29.3 Å². The lowest BCUT2D eigenvalue weighted by atomic mass is 10.1. The van der Waals surface area contributed by atoms with Gasteiger partial charge in [-0.15, -0.1) is 0 Å². The number of likely N-dealkylation sites (tertiary alicyclic amines) is 1. The number of nitrogens with two attached hydrogens (primary N) is 1. The highest BCUT2D eigenvalue weighted by Crippen LogP contribution is 2.13. The molecule has 0 spiro atoms. The van der Waals surface area contributed by atoms with Crippen LogP contribution in [-0.4, -0.2) is 24.0 Å². The Balaban J connectivity index is 1.87. The molecule has 0 saturated carbocycles. The summed E-state index contributed by atoms with van der Waals surface area (Å²) in [5.74, 6) is 0. The highest BCUT2D eigenvalue weighted by Gasteiger charge is 2.15. The Labute approximate surface area is 85.7 Å². The number of hydrogen-bond acceptors (Lipinski definition) is 2. The molecule has 0 atom stereocenters. The van der Waals surface area contributed by atoms with Crippen molar-refractivity contribution < 1.29 is 0 Å². The van der Waals surface area contributed by atoms with Crippen molar-refractivity contribution >= 4 is 0 Å². The van der Waals surface area contributed by atoms with Gasteiger partial charge >= 0.3 is 0 Å². The standard InChI is InChI=1S/C12H17N2/c13-12-6-8-14(9-7-12)10-11-4-2-1-3-5-11/h1-5,10,12H,6-9,13H2. The van der Waals surface area contributed by atoms with Crippen LogP contribution in [0, 0.1) is 6.54 Å². The van der Waals surface area contributed by atoms with Crippen LogP contribution in [0.2, 0.25) is 0 Å². The molecule has 0 aromatic heterocycles. The molecule has 1 fully saturated rings. The molecule has 1 aliphatic rings. The highest BCUT2D eigenvalue weighted by molar-refractivity contribution is 5.21. The second kappa shape index (κ2) is 4.58. The lowest BCUT2D eigenvalue weighted by Gasteiger charge is -2.29. The van der Waals surface area contributed by atoms with E-state index >= 15 is 0 Å². The van der Waals surface area contributed by atoms with E-state index < -0.39 is 0 Å². The Morgan fingerprint density at radius 2 is 1.79 bits per heavy atom. The molecule has 2 N–H and O–H groups in total. The van der Waals surface area contributed by atoms with Crippen LogP contribution in [0.5, 0.6) is 0 Å². The van der Waals surface area contributed by atoms with E-state index in [1.165, 1.54) is 5.56 Å². The zero-order chi connectivity index (χ0) is 9.80. The van der Waals surface area contributed by atoms with E-state index in [0.29, 0.717) is 6.04 Å². The van der Waals surface area contributed by atoms with E-state index in [2.05, 4.69) is 35.7 Å². The summed E-state index contributed by atoms with van der Waals surface area (Å²) < 4.78 is 0. The summed E-state index contributed by atoms with van der Waals surface area (Å²) >= 11 is 0. The first kappa shape index (κ1) is 9.69. The molecule has 1 saturated heterocycles. The van der Waals surface area contributed by atoms with E-state index in [4.69, 9.17) is 5.73 Å². The molecule has 1 aliphatic heterocycles. The molecule has 0 unspecified atom stereocenters. The van der Waals surface area contributed by atoms with Crippen molar-refractivity contribution in [2.75, 3.05) is 13.1 Å². The maximum atomic E-state index is 5.85. The molecule has 0 aliphatic carbocycles. The molecule has 2 heteroatoms. The maximum Gasteiger partial charge on any atom is 0.0545 e. The summed E-state index contributed by atoms with van der Waals surface area (Å²) in [6.07, 6.45) is 2.23. The Bertz CT molecular complexity index is 263. The first-order valence-corrected chi connectivity index (χ1v) is 5.24. The van der Waals surface area contributed by atoms with Crippen LogP contribution in [0.3, 0.4) is 0 Å². The molecule has 2 nitrogen and oxygen atoms in total. The first-order valence-electron chi connectivity index (χ1n) is 5.24. The second-order valence-electron chi connectivity index (χ2n) is 3.91. The number of rotatable bonds is 2. The average Bonchev–Trinajstić information content (AvgIpc) is 2.23. The molecule has 14 heavy (non-hydrogen) atoms. The van der Waals surface area contributed by atoms with Gasteiger partial charge < -0.3 is 5.73 Å². The van der Waals surface area contributed by atoms with Crippen molar-refractivity contribution in [3.05, 3.63) is 42.4 Å². The van der Waals surface area contributed by atoms with Gasteiger partial charge in [0, 0.05) is 19.1 Å². The van der Waals surface area contributed by atoms with E-state index in [0.717, 1.165) is 25.9 Å². The van der Waals surface area contributed by atoms with Crippen LogP contribution in [0.4, 0.5) is 0 Å². The second-order valence-corrected chi connectivity index (χ2v) is 3.91. The predicted molar refractivity (Wildman–Crippen MR) is 58.6 cm³/mol. The molecule has 1 aromatic carbocycles. The Kier molecular flexibility index (Phi) is 3.17. The van der Waals surface area contributed by atoms with Crippen LogP contribution in [0.15, 0.2) is 30.3 Å². The molecule has 75 valence electrons. The fourth-order valence-corrected chi connectivity index (χ4v) is 1.80. The van der Waals surface area contributed by atoms with Crippen molar-refractivity contribution in [3.8, 4) is 0 Å². The van der Waals surface area contributed by atoms with E-state index in [1.807, 2.05) is 6.07 Å². The van der Waals surface area contributed by atoms with E-state index in [1.54, 1.807) is 0 Å². The molecule has 0 bridgehead atoms. The van der Waals surface area contributed by atoms with Gasteiger partial charge in [-0.1, -0.05) is 30.3 Å². The first-order chi connectivity index (χ1) is 6.84. The molecular weight excluding hydrogens is 172 g/mol. The summed E-state index contributed by atoms with van der Waals surface area (Å²) in [5, 5.41) is 0. The minimum Gasteiger partial charge on any atom is -0.328 e. The SMILES string of the molecule is NC1CCN([CH]c2ccccc2)CC1. The lowest BCUT2D eigenvalue weighted by molar-refractivity contribution is 0.264. The van der Waals surface area contributed by atoms with Crippen LogP contribution >= 0.6 is 0 Å². The molecule has 0 amide bonds. The fourth-order valence-electron chi connectivity index (χ4n) is 1.80. The fraction of sp³-hybridized carbons (Fsp3) is 0.417. The van der Waals surface area contributed by atoms with E-state index in [9.17, 15) is 0 Å². The minimum atomic E-state index is 0.412. The van der Waals surface area contributed by atoms with Crippen molar-refractivity contribution in [2.24, 2.45) is 5.73 Å². The normalized spacial score (nSPS) is 19.8. The van der Waals surface area contributed by atoms with Gasteiger partial charge in [-0.3, -0.25) is 4.90 Å². The van der Waals surface area contributed by atoms with Gasteiger partial charge in [-0.2, -0.15) is 0 Å².